The zero-order valence-corrected chi connectivity index (χ0v) is 12.3. The summed E-state index contributed by atoms with van der Waals surface area (Å²) in [5.74, 6) is -0.324. The predicted octanol–water partition coefficient (Wildman–Crippen LogP) is 3.35. The van der Waals surface area contributed by atoms with E-state index in [0.29, 0.717) is 18.9 Å². The molecule has 0 atom stereocenters. The van der Waals surface area contributed by atoms with Crippen molar-refractivity contribution in [2.24, 2.45) is 0 Å². The first-order chi connectivity index (χ1) is 9.69. The van der Waals surface area contributed by atoms with Crippen LogP contribution in [0.3, 0.4) is 0 Å². The number of hydrogen-bond donors (Lipinski definition) is 2. The van der Waals surface area contributed by atoms with Gasteiger partial charge < -0.3 is 10.6 Å². The van der Waals surface area contributed by atoms with Gasteiger partial charge in [0.1, 0.15) is 11.6 Å². The van der Waals surface area contributed by atoms with Gasteiger partial charge in [-0.3, -0.25) is 4.79 Å². The lowest BCUT2D eigenvalue weighted by molar-refractivity contribution is 0.0953. The first kappa shape index (κ1) is 16.4. The molecule has 112 valence electrons. The minimum absolute atomic E-state index is 0.271. The summed E-state index contributed by atoms with van der Waals surface area (Å²) in [4.78, 5) is 16.0. The molecule has 20 heavy (non-hydrogen) atoms. The summed E-state index contributed by atoms with van der Waals surface area (Å²) in [5, 5.41) is 5.86. The van der Waals surface area contributed by atoms with Gasteiger partial charge in [-0.25, -0.2) is 9.37 Å². The molecule has 0 aliphatic heterocycles. The van der Waals surface area contributed by atoms with Gasteiger partial charge in [0.15, 0.2) is 0 Å². The molecule has 0 saturated heterocycles. The molecular formula is C15H24FN3O. The number of unbranched alkanes of at least 4 members (excludes halogenated alkanes) is 3. The Morgan fingerprint density at radius 1 is 1.20 bits per heavy atom. The Balaban J connectivity index is 2.58. The van der Waals surface area contributed by atoms with Crippen molar-refractivity contribution in [2.75, 3.05) is 18.4 Å². The molecule has 1 rings (SSSR count). The van der Waals surface area contributed by atoms with Crippen LogP contribution in [-0.4, -0.2) is 24.0 Å². The predicted molar refractivity (Wildman–Crippen MR) is 79.5 cm³/mol. The summed E-state index contributed by atoms with van der Waals surface area (Å²) >= 11 is 0. The first-order valence-corrected chi connectivity index (χ1v) is 7.36. The molecule has 1 aromatic rings. The van der Waals surface area contributed by atoms with Crippen LogP contribution in [-0.2, 0) is 0 Å². The van der Waals surface area contributed by atoms with Crippen molar-refractivity contribution in [2.45, 2.75) is 46.0 Å². The van der Waals surface area contributed by atoms with E-state index in [-0.39, 0.29) is 11.5 Å². The third-order valence-corrected chi connectivity index (χ3v) is 2.96. The minimum Gasteiger partial charge on any atom is -0.369 e. The Morgan fingerprint density at radius 2 is 2.00 bits per heavy atom. The molecule has 0 saturated carbocycles. The lowest BCUT2D eigenvalue weighted by atomic mass is 10.2. The van der Waals surface area contributed by atoms with E-state index in [4.69, 9.17) is 0 Å². The van der Waals surface area contributed by atoms with E-state index < -0.39 is 5.82 Å². The smallest absolute Gasteiger partial charge is 0.255 e. The summed E-state index contributed by atoms with van der Waals surface area (Å²) in [6.07, 6.45) is 6.40. The number of rotatable bonds is 9. The van der Waals surface area contributed by atoms with Crippen molar-refractivity contribution in [1.82, 2.24) is 10.3 Å². The fraction of sp³-hybridized carbons (Fsp3) is 0.600. The third kappa shape index (κ3) is 5.55. The molecule has 1 aromatic heterocycles. The molecule has 5 heteroatoms. The number of amides is 1. The molecule has 1 amide bonds. The fourth-order valence-corrected chi connectivity index (χ4v) is 1.85. The second kappa shape index (κ2) is 9.28. The monoisotopic (exact) mass is 281 g/mol. The van der Waals surface area contributed by atoms with Crippen molar-refractivity contribution >= 4 is 11.7 Å². The molecular weight excluding hydrogens is 257 g/mol. The first-order valence-electron chi connectivity index (χ1n) is 7.36. The summed E-state index contributed by atoms with van der Waals surface area (Å²) < 4.78 is 13.2. The number of nitrogens with one attached hydrogen (secondary N) is 2. The van der Waals surface area contributed by atoms with Gasteiger partial charge in [-0.05, 0) is 18.9 Å². The Hall–Kier alpha value is -1.65. The van der Waals surface area contributed by atoms with Crippen molar-refractivity contribution in [1.29, 1.82) is 0 Å². The van der Waals surface area contributed by atoms with Crippen LogP contribution in [0.5, 0.6) is 0 Å². The minimum atomic E-state index is -0.497. The van der Waals surface area contributed by atoms with E-state index in [9.17, 15) is 9.18 Å². The molecule has 0 aliphatic rings. The highest BCUT2D eigenvalue weighted by Gasteiger charge is 2.13. The number of hydrogen-bond acceptors (Lipinski definition) is 3. The summed E-state index contributed by atoms with van der Waals surface area (Å²) in [6.45, 7) is 5.48. The van der Waals surface area contributed by atoms with Crippen molar-refractivity contribution < 1.29 is 9.18 Å². The number of aromatic nitrogens is 1. The molecule has 0 bridgehead atoms. The Morgan fingerprint density at radius 3 is 2.70 bits per heavy atom. The van der Waals surface area contributed by atoms with Crippen molar-refractivity contribution in [3.05, 3.63) is 23.6 Å². The summed E-state index contributed by atoms with van der Waals surface area (Å²) in [6, 6.07) is 1.23. The van der Waals surface area contributed by atoms with Crippen LogP contribution in [0, 0.1) is 5.82 Å². The SMILES string of the molecule is CCCCCCNC(=O)c1cc(F)cnc1NCCC. The van der Waals surface area contributed by atoms with Gasteiger partial charge in [0, 0.05) is 13.1 Å². The molecule has 0 aliphatic carbocycles. The van der Waals surface area contributed by atoms with Gasteiger partial charge in [-0.15, -0.1) is 0 Å². The average molecular weight is 281 g/mol. The maximum Gasteiger partial charge on any atom is 0.255 e. The van der Waals surface area contributed by atoms with E-state index in [1.807, 2.05) is 6.92 Å². The van der Waals surface area contributed by atoms with Crippen LogP contribution < -0.4 is 10.6 Å². The number of carbonyl (C=O) groups excluding carboxylic acids is 1. The largest absolute Gasteiger partial charge is 0.369 e. The molecule has 0 unspecified atom stereocenters. The topological polar surface area (TPSA) is 54.0 Å². The van der Waals surface area contributed by atoms with Crippen LogP contribution in [0.4, 0.5) is 10.2 Å². The molecule has 0 aromatic carbocycles. The van der Waals surface area contributed by atoms with Crippen LogP contribution >= 0.6 is 0 Å². The quantitative estimate of drug-likeness (QED) is 0.682. The lowest BCUT2D eigenvalue weighted by Crippen LogP contribution is -2.26. The number of nitrogens with zero attached hydrogens (tertiary/aromatic N) is 1. The molecule has 4 nitrogen and oxygen atoms in total. The van der Waals surface area contributed by atoms with E-state index in [0.717, 1.165) is 31.9 Å². The van der Waals surface area contributed by atoms with Crippen LogP contribution in [0.1, 0.15) is 56.3 Å². The standard InChI is InChI=1S/C15H24FN3O/c1-3-5-6-7-9-18-15(20)13-10-12(16)11-19-14(13)17-8-4-2/h10-11H,3-9H2,1-2H3,(H,17,19)(H,18,20). The molecule has 2 N–H and O–H groups in total. The van der Waals surface area contributed by atoms with Gasteiger partial charge in [-0.2, -0.15) is 0 Å². The Bertz CT molecular complexity index is 424. The molecule has 1 heterocycles. The van der Waals surface area contributed by atoms with Gasteiger partial charge in [0.05, 0.1) is 11.8 Å². The highest BCUT2D eigenvalue weighted by Crippen LogP contribution is 2.13. The Labute approximate surface area is 120 Å². The number of halogens is 1. The zero-order valence-electron chi connectivity index (χ0n) is 12.3. The van der Waals surface area contributed by atoms with Gasteiger partial charge >= 0.3 is 0 Å². The van der Waals surface area contributed by atoms with E-state index in [2.05, 4.69) is 22.5 Å². The van der Waals surface area contributed by atoms with Crippen molar-refractivity contribution in [3.8, 4) is 0 Å². The number of pyridine rings is 1. The lowest BCUT2D eigenvalue weighted by Gasteiger charge is -2.10. The van der Waals surface area contributed by atoms with Crippen LogP contribution in [0.25, 0.3) is 0 Å². The van der Waals surface area contributed by atoms with E-state index in [1.54, 1.807) is 0 Å². The number of anilines is 1. The summed E-state index contributed by atoms with van der Waals surface area (Å²) in [7, 11) is 0. The second-order valence-corrected chi connectivity index (χ2v) is 4.79. The number of carbonyl (C=O) groups is 1. The molecule has 0 spiro atoms. The van der Waals surface area contributed by atoms with Crippen molar-refractivity contribution in [3.63, 3.8) is 0 Å². The van der Waals surface area contributed by atoms with Gasteiger partial charge in [0.25, 0.3) is 5.91 Å². The van der Waals surface area contributed by atoms with E-state index in [1.165, 1.54) is 12.5 Å². The van der Waals surface area contributed by atoms with Gasteiger partial charge in [0.2, 0.25) is 0 Å². The maximum atomic E-state index is 13.2. The second-order valence-electron chi connectivity index (χ2n) is 4.79. The normalized spacial score (nSPS) is 10.3. The van der Waals surface area contributed by atoms with Gasteiger partial charge in [-0.1, -0.05) is 33.1 Å². The van der Waals surface area contributed by atoms with Crippen LogP contribution in [0.15, 0.2) is 12.3 Å². The maximum absolute atomic E-state index is 13.2. The van der Waals surface area contributed by atoms with Crippen LogP contribution in [0.2, 0.25) is 0 Å². The highest BCUT2D eigenvalue weighted by molar-refractivity contribution is 5.98. The fourth-order valence-electron chi connectivity index (χ4n) is 1.85. The Kier molecular flexibility index (Phi) is 7.62. The zero-order chi connectivity index (χ0) is 14.8. The highest BCUT2D eigenvalue weighted by atomic mass is 19.1. The third-order valence-electron chi connectivity index (χ3n) is 2.96. The van der Waals surface area contributed by atoms with E-state index >= 15 is 0 Å². The average Bonchev–Trinajstić information content (AvgIpc) is 2.45. The molecule has 0 radical (unpaired) electrons. The molecule has 0 fully saturated rings. The summed E-state index contributed by atoms with van der Waals surface area (Å²) in [5.41, 5.74) is 0.272.